The number of benzene rings is 1. The maximum absolute atomic E-state index is 9.08. The van der Waals surface area contributed by atoms with Crippen LogP contribution in [0.2, 0.25) is 0 Å². The zero-order valence-electron chi connectivity index (χ0n) is 8.69. The third kappa shape index (κ3) is 1.95. The summed E-state index contributed by atoms with van der Waals surface area (Å²) in [5, 5.41) is 10.3. The molecule has 2 heteroatoms. The minimum Gasteiger partial charge on any atom is -0.392 e. The van der Waals surface area contributed by atoms with Gasteiger partial charge in [-0.2, -0.15) is 0 Å². The lowest BCUT2D eigenvalue weighted by atomic mass is 10.2. The number of aryl methyl sites for hydroxylation is 1. The van der Waals surface area contributed by atoms with Crippen molar-refractivity contribution in [3.63, 3.8) is 0 Å². The smallest absolute Gasteiger partial charge is 0.0682 e. The molecule has 0 aliphatic carbocycles. The van der Waals surface area contributed by atoms with Crippen molar-refractivity contribution < 1.29 is 5.11 Å². The van der Waals surface area contributed by atoms with Crippen LogP contribution in [0.25, 0.3) is 10.9 Å². The Morgan fingerprint density at radius 1 is 1.33 bits per heavy atom. The van der Waals surface area contributed by atoms with Crippen LogP contribution in [0.15, 0.2) is 43.1 Å². The van der Waals surface area contributed by atoms with Gasteiger partial charge in [0.1, 0.15) is 0 Å². The van der Waals surface area contributed by atoms with E-state index in [0.717, 1.165) is 18.5 Å². The van der Waals surface area contributed by atoms with Gasteiger partial charge < -0.3 is 9.67 Å². The Kier molecular flexibility index (Phi) is 2.88. The molecule has 0 amide bonds. The minimum atomic E-state index is 0.0998. The first-order valence-electron chi connectivity index (χ1n) is 5.14. The number of allylic oxidation sites excluding steroid dienone is 1. The standard InChI is InChI=1S/C13H15NO/c1-2-3-7-14-8-6-12-5-4-11(10-15)9-13(12)14/h2,4-6,8-9,15H,1,3,7,10H2. The first-order valence-corrected chi connectivity index (χ1v) is 5.14. The molecule has 2 aromatic rings. The van der Waals surface area contributed by atoms with E-state index in [4.69, 9.17) is 5.11 Å². The number of aliphatic hydroxyl groups excluding tert-OH is 1. The lowest BCUT2D eigenvalue weighted by molar-refractivity contribution is 0.282. The van der Waals surface area contributed by atoms with Crippen LogP contribution in [0.3, 0.4) is 0 Å². The van der Waals surface area contributed by atoms with Gasteiger partial charge in [0.2, 0.25) is 0 Å². The van der Waals surface area contributed by atoms with Crippen LogP contribution in [0.4, 0.5) is 0 Å². The van der Waals surface area contributed by atoms with Crippen LogP contribution >= 0.6 is 0 Å². The second kappa shape index (κ2) is 4.32. The van der Waals surface area contributed by atoms with Crippen LogP contribution in [0.5, 0.6) is 0 Å². The van der Waals surface area contributed by atoms with E-state index in [9.17, 15) is 0 Å². The number of fused-ring (bicyclic) bond motifs is 1. The number of aliphatic hydroxyl groups is 1. The summed E-state index contributed by atoms with van der Waals surface area (Å²) in [5.74, 6) is 0. The molecule has 0 unspecified atom stereocenters. The van der Waals surface area contributed by atoms with Crippen LogP contribution in [0, 0.1) is 0 Å². The summed E-state index contributed by atoms with van der Waals surface area (Å²) >= 11 is 0. The summed E-state index contributed by atoms with van der Waals surface area (Å²) in [6, 6.07) is 8.14. The second-order valence-corrected chi connectivity index (χ2v) is 3.64. The van der Waals surface area contributed by atoms with E-state index < -0.39 is 0 Å². The highest BCUT2D eigenvalue weighted by molar-refractivity contribution is 5.80. The van der Waals surface area contributed by atoms with Crippen LogP contribution < -0.4 is 0 Å². The normalized spacial score (nSPS) is 10.7. The highest BCUT2D eigenvalue weighted by atomic mass is 16.3. The SMILES string of the molecule is C=CCCn1ccc2ccc(CO)cc21. The average molecular weight is 201 g/mol. The van der Waals surface area contributed by atoms with Crippen molar-refractivity contribution in [2.75, 3.05) is 0 Å². The summed E-state index contributed by atoms with van der Waals surface area (Å²) in [7, 11) is 0. The van der Waals surface area contributed by atoms with E-state index in [0.29, 0.717) is 0 Å². The van der Waals surface area contributed by atoms with Crippen molar-refractivity contribution >= 4 is 10.9 Å². The highest BCUT2D eigenvalue weighted by Gasteiger charge is 2.01. The Labute approximate surface area is 89.5 Å². The van der Waals surface area contributed by atoms with Crippen molar-refractivity contribution in [1.29, 1.82) is 0 Å². The fraction of sp³-hybridized carbons (Fsp3) is 0.231. The zero-order valence-corrected chi connectivity index (χ0v) is 8.69. The van der Waals surface area contributed by atoms with Crippen LogP contribution in [0.1, 0.15) is 12.0 Å². The molecule has 1 heterocycles. The molecule has 0 atom stereocenters. The summed E-state index contributed by atoms with van der Waals surface area (Å²) in [5.41, 5.74) is 2.14. The second-order valence-electron chi connectivity index (χ2n) is 3.64. The fourth-order valence-corrected chi connectivity index (χ4v) is 1.75. The number of rotatable bonds is 4. The van der Waals surface area contributed by atoms with E-state index >= 15 is 0 Å². The molecule has 0 saturated heterocycles. The van der Waals surface area contributed by atoms with Gasteiger partial charge in [0.25, 0.3) is 0 Å². The number of hydrogen-bond donors (Lipinski definition) is 1. The van der Waals surface area contributed by atoms with Crippen molar-refractivity contribution in [2.45, 2.75) is 19.6 Å². The Morgan fingerprint density at radius 3 is 2.93 bits per heavy atom. The van der Waals surface area contributed by atoms with Crippen molar-refractivity contribution in [2.24, 2.45) is 0 Å². The fourth-order valence-electron chi connectivity index (χ4n) is 1.75. The molecule has 2 nitrogen and oxygen atoms in total. The van der Waals surface area contributed by atoms with Crippen molar-refractivity contribution in [1.82, 2.24) is 4.57 Å². The van der Waals surface area contributed by atoms with E-state index in [2.05, 4.69) is 23.4 Å². The summed E-state index contributed by atoms with van der Waals surface area (Å²) in [4.78, 5) is 0. The van der Waals surface area contributed by atoms with E-state index in [1.165, 1.54) is 10.9 Å². The molecule has 0 bridgehead atoms. The summed E-state index contributed by atoms with van der Waals surface area (Å²) < 4.78 is 2.19. The Bertz CT molecular complexity index is 470. The quantitative estimate of drug-likeness (QED) is 0.756. The first kappa shape index (κ1) is 9.99. The third-order valence-electron chi connectivity index (χ3n) is 2.60. The highest BCUT2D eigenvalue weighted by Crippen LogP contribution is 2.18. The molecule has 15 heavy (non-hydrogen) atoms. The monoisotopic (exact) mass is 201 g/mol. The molecule has 78 valence electrons. The van der Waals surface area contributed by atoms with Gasteiger partial charge in [0, 0.05) is 18.3 Å². The molecular formula is C13H15NO. The van der Waals surface area contributed by atoms with Gasteiger partial charge >= 0.3 is 0 Å². The molecule has 0 spiro atoms. The Hall–Kier alpha value is -1.54. The lowest BCUT2D eigenvalue weighted by Gasteiger charge is -2.04. The van der Waals surface area contributed by atoms with Crippen LogP contribution in [-0.4, -0.2) is 9.67 Å². The molecular weight excluding hydrogens is 186 g/mol. The maximum atomic E-state index is 9.08. The topological polar surface area (TPSA) is 25.2 Å². The van der Waals surface area contributed by atoms with E-state index in [1.54, 1.807) is 0 Å². The number of hydrogen-bond acceptors (Lipinski definition) is 1. The molecule has 0 fully saturated rings. The number of aromatic nitrogens is 1. The van der Waals surface area contributed by atoms with Gasteiger partial charge in [-0.25, -0.2) is 0 Å². The van der Waals surface area contributed by atoms with Gasteiger partial charge in [-0.15, -0.1) is 6.58 Å². The Morgan fingerprint density at radius 2 is 2.20 bits per heavy atom. The van der Waals surface area contributed by atoms with Crippen molar-refractivity contribution in [3.05, 3.63) is 48.7 Å². The maximum Gasteiger partial charge on any atom is 0.0682 e. The molecule has 1 N–H and O–H groups in total. The molecule has 2 rings (SSSR count). The lowest BCUT2D eigenvalue weighted by Crippen LogP contribution is -1.94. The Balaban J connectivity index is 2.41. The van der Waals surface area contributed by atoms with Gasteiger partial charge in [0.05, 0.1) is 6.61 Å². The van der Waals surface area contributed by atoms with E-state index in [-0.39, 0.29) is 6.61 Å². The average Bonchev–Trinajstić information content (AvgIpc) is 2.68. The molecule has 0 aliphatic heterocycles. The molecule has 0 radical (unpaired) electrons. The van der Waals surface area contributed by atoms with Gasteiger partial charge in [-0.05, 0) is 29.5 Å². The molecule has 1 aromatic heterocycles. The molecule has 0 aliphatic rings. The van der Waals surface area contributed by atoms with Crippen molar-refractivity contribution in [3.8, 4) is 0 Å². The minimum absolute atomic E-state index is 0.0998. The summed E-state index contributed by atoms with van der Waals surface area (Å²) in [6.07, 6.45) is 4.96. The first-order chi connectivity index (χ1) is 7.35. The van der Waals surface area contributed by atoms with Gasteiger partial charge in [-0.3, -0.25) is 0 Å². The summed E-state index contributed by atoms with van der Waals surface area (Å²) in [6.45, 7) is 4.77. The van der Waals surface area contributed by atoms with E-state index in [1.807, 2.05) is 24.3 Å². The zero-order chi connectivity index (χ0) is 10.7. The van der Waals surface area contributed by atoms with Gasteiger partial charge in [-0.1, -0.05) is 18.2 Å². The molecule has 1 aromatic carbocycles. The van der Waals surface area contributed by atoms with Crippen LogP contribution in [-0.2, 0) is 13.2 Å². The van der Waals surface area contributed by atoms with Gasteiger partial charge in [0.15, 0.2) is 0 Å². The third-order valence-corrected chi connectivity index (χ3v) is 2.60. The number of nitrogens with zero attached hydrogens (tertiary/aromatic N) is 1. The largest absolute Gasteiger partial charge is 0.392 e. The predicted octanol–water partition coefficient (Wildman–Crippen LogP) is 2.71. The predicted molar refractivity (Wildman–Crippen MR) is 62.7 cm³/mol. The molecule has 0 saturated carbocycles.